The summed E-state index contributed by atoms with van der Waals surface area (Å²) in [4.78, 5) is 15.5. The molecule has 0 saturated heterocycles. The van der Waals surface area contributed by atoms with Crippen LogP contribution >= 0.6 is 15.9 Å². The van der Waals surface area contributed by atoms with Crippen LogP contribution in [0.1, 0.15) is 0 Å². The van der Waals surface area contributed by atoms with E-state index in [1.807, 2.05) is 30.3 Å². The Labute approximate surface area is 154 Å². The van der Waals surface area contributed by atoms with Gasteiger partial charge in [-0.05, 0) is 40.2 Å². The van der Waals surface area contributed by atoms with Gasteiger partial charge in [-0.3, -0.25) is 15.0 Å². The quantitative estimate of drug-likeness (QED) is 0.705. The maximum Gasteiger partial charge on any atom is 0.200 e. The summed E-state index contributed by atoms with van der Waals surface area (Å²) in [5.74, 6) is 0.854. The van der Waals surface area contributed by atoms with Gasteiger partial charge in [-0.1, -0.05) is 18.2 Å². The van der Waals surface area contributed by atoms with Gasteiger partial charge in [-0.25, -0.2) is 0 Å². The van der Waals surface area contributed by atoms with E-state index in [-0.39, 0.29) is 0 Å². The molecule has 1 aromatic heterocycles. The predicted molar refractivity (Wildman–Crippen MR) is 105 cm³/mol. The Bertz CT molecular complexity index is 912. The summed E-state index contributed by atoms with van der Waals surface area (Å²) in [6, 6.07) is 14.1. The average molecular weight is 397 g/mol. The number of benzene rings is 2. The van der Waals surface area contributed by atoms with Crippen molar-refractivity contribution in [2.75, 3.05) is 30.4 Å². The molecule has 2 N–H and O–H groups in total. The molecule has 0 fully saturated rings. The minimum absolute atomic E-state index is 0.695. The van der Waals surface area contributed by atoms with Gasteiger partial charge in [-0.2, -0.15) is 0 Å². The number of hydrogen-bond acceptors (Lipinski definition) is 6. The number of nitrogens with one attached hydrogen (secondary N) is 2. The lowest BCUT2D eigenvalue weighted by atomic mass is 10.2. The van der Waals surface area contributed by atoms with E-state index in [2.05, 4.69) is 58.6 Å². The molecule has 6 nitrogen and oxygen atoms in total. The van der Waals surface area contributed by atoms with Crippen molar-refractivity contribution < 1.29 is 0 Å². The smallest absolute Gasteiger partial charge is 0.200 e. The first-order valence-corrected chi connectivity index (χ1v) is 8.85. The minimum atomic E-state index is 0.695. The lowest BCUT2D eigenvalue weighted by Gasteiger charge is -2.22. The molecule has 0 amide bonds. The number of guanidine groups is 1. The predicted octanol–water partition coefficient (Wildman–Crippen LogP) is 3.55. The molecule has 2 aromatic carbocycles. The Morgan fingerprint density at radius 3 is 2.76 bits per heavy atom. The Kier molecular flexibility index (Phi) is 4.47. The summed E-state index contributed by atoms with van der Waals surface area (Å²) in [5, 5.41) is 6.83. The molecule has 0 aliphatic carbocycles. The normalized spacial score (nSPS) is 13.8. The van der Waals surface area contributed by atoms with Crippen molar-refractivity contribution in [1.82, 2.24) is 14.9 Å². The highest BCUT2D eigenvalue weighted by atomic mass is 79.9. The fourth-order valence-corrected chi connectivity index (χ4v) is 3.25. The number of aliphatic imine (C=N–C) groups is 1. The molecule has 0 saturated carbocycles. The fourth-order valence-electron chi connectivity index (χ4n) is 2.72. The van der Waals surface area contributed by atoms with E-state index in [0.717, 1.165) is 45.9 Å². The number of nitrogens with zero attached hydrogens (tertiary/aromatic N) is 4. The summed E-state index contributed by atoms with van der Waals surface area (Å²) in [6.07, 6.45) is 3.39. The second kappa shape index (κ2) is 7.06. The van der Waals surface area contributed by atoms with Crippen molar-refractivity contribution in [3.63, 3.8) is 0 Å². The lowest BCUT2D eigenvalue weighted by Crippen LogP contribution is -2.37. The van der Waals surface area contributed by atoms with Gasteiger partial charge in [0.25, 0.3) is 0 Å². The molecule has 0 radical (unpaired) electrons. The largest absolute Gasteiger partial charge is 0.368 e. The standard InChI is InChI=1S/C18H17BrN6/c19-16-14(6-7-15-17(16)21-9-8-20-15)24-18-22-10-11-25(18)12-23-13-4-2-1-3-5-13/h1-9,23H,10-12H2,(H,22,24). The SMILES string of the molecule is Brc1c(NC2=NCCN2CNc2ccccc2)ccc2nccnc12. The van der Waals surface area contributed by atoms with Gasteiger partial charge in [0.2, 0.25) is 0 Å². The number of anilines is 2. The summed E-state index contributed by atoms with van der Waals surface area (Å²) < 4.78 is 0.892. The number of para-hydroxylation sites is 1. The number of aromatic nitrogens is 2. The Morgan fingerprint density at radius 2 is 1.88 bits per heavy atom. The summed E-state index contributed by atoms with van der Waals surface area (Å²) in [7, 11) is 0. The minimum Gasteiger partial charge on any atom is -0.368 e. The van der Waals surface area contributed by atoms with Crippen LogP contribution in [0.25, 0.3) is 11.0 Å². The van der Waals surface area contributed by atoms with Crippen LogP contribution in [0.3, 0.4) is 0 Å². The Morgan fingerprint density at radius 1 is 1.04 bits per heavy atom. The highest BCUT2D eigenvalue weighted by Gasteiger charge is 2.18. The zero-order chi connectivity index (χ0) is 17.1. The second-order valence-electron chi connectivity index (χ2n) is 5.65. The Balaban J connectivity index is 1.49. The molecule has 2 heterocycles. The zero-order valence-corrected chi connectivity index (χ0v) is 15.1. The summed E-state index contributed by atoms with van der Waals surface area (Å²) in [6.45, 7) is 2.36. The molecule has 3 aromatic rings. The molecule has 1 aliphatic rings. The third-order valence-electron chi connectivity index (χ3n) is 4.00. The van der Waals surface area contributed by atoms with Gasteiger partial charge in [-0.15, -0.1) is 0 Å². The third kappa shape index (κ3) is 3.41. The maximum atomic E-state index is 4.58. The third-order valence-corrected chi connectivity index (χ3v) is 4.81. The van der Waals surface area contributed by atoms with Crippen molar-refractivity contribution in [3.05, 3.63) is 59.3 Å². The highest BCUT2D eigenvalue weighted by Crippen LogP contribution is 2.29. The molecule has 1 aliphatic heterocycles. The average Bonchev–Trinajstić information content (AvgIpc) is 3.10. The first kappa shape index (κ1) is 15.8. The number of fused-ring (bicyclic) bond motifs is 1. The summed E-state index contributed by atoms with van der Waals surface area (Å²) >= 11 is 3.63. The first-order chi connectivity index (χ1) is 12.3. The highest BCUT2D eigenvalue weighted by molar-refractivity contribution is 9.10. The number of hydrogen-bond donors (Lipinski definition) is 2. The van der Waals surface area contributed by atoms with Crippen molar-refractivity contribution in [2.24, 2.45) is 4.99 Å². The molecule has 4 rings (SSSR count). The van der Waals surface area contributed by atoms with Gasteiger partial charge in [0.1, 0.15) is 5.52 Å². The van der Waals surface area contributed by atoms with Crippen LogP contribution < -0.4 is 10.6 Å². The molecule has 0 atom stereocenters. The van der Waals surface area contributed by atoms with Crippen LogP contribution in [-0.4, -0.2) is 40.6 Å². The molecule has 7 heteroatoms. The van der Waals surface area contributed by atoms with Crippen molar-refractivity contribution in [3.8, 4) is 0 Å². The van der Waals surface area contributed by atoms with Gasteiger partial charge in [0, 0.05) is 24.6 Å². The van der Waals surface area contributed by atoms with Crippen molar-refractivity contribution in [1.29, 1.82) is 0 Å². The monoisotopic (exact) mass is 396 g/mol. The van der Waals surface area contributed by atoms with Gasteiger partial charge >= 0.3 is 0 Å². The zero-order valence-electron chi connectivity index (χ0n) is 13.5. The van der Waals surface area contributed by atoms with E-state index in [1.165, 1.54) is 0 Å². The molecule has 0 unspecified atom stereocenters. The van der Waals surface area contributed by atoms with Crippen LogP contribution in [0, 0.1) is 0 Å². The van der Waals surface area contributed by atoms with Crippen LogP contribution in [0.15, 0.2) is 64.3 Å². The summed E-state index contributed by atoms with van der Waals surface area (Å²) in [5.41, 5.74) is 3.71. The van der Waals surface area contributed by atoms with Crippen molar-refractivity contribution >= 4 is 44.3 Å². The second-order valence-corrected chi connectivity index (χ2v) is 6.44. The lowest BCUT2D eigenvalue weighted by molar-refractivity contribution is 0.489. The maximum absolute atomic E-state index is 4.58. The van der Waals surface area contributed by atoms with Gasteiger partial charge in [0.15, 0.2) is 5.96 Å². The van der Waals surface area contributed by atoms with Gasteiger partial charge in [0.05, 0.1) is 28.9 Å². The van der Waals surface area contributed by atoms with E-state index in [9.17, 15) is 0 Å². The van der Waals surface area contributed by atoms with Crippen LogP contribution in [0.5, 0.6) is 0 Å². The molecule has 0 spiro atoms. The van der Waals surface area contributed by atoms with Crippen LogP contribution in [-0.2, 0) is 0 Å². The fraction of sp³-hybridized carbons (Fsp3) is 0.167. The molecular formula is C18H17BrN6. The number of rotatable bonds is 4. The molecular weight excluding hydrogens is 380 g/mol. The van der Waals surface area contributed by atoms with Crippen LogP contribution in [0.4, 0.5) is 11.4 Å². The van der Waals surface area contributed by atoms with E-state index in [4.69, 9.17) is 0 Å². The van der Waals surface area contributed by atoms with E-state index in [1.54, 1.807) is 12.4 Å². The van der Waals surface area contributed by atoms with Crippen LogP contribution in [0.2, 0.25) is 0 Å². The topological polar surface area (TPSA) is 65.4 Å². The van der Waals surface area contributed by atoms with E-state index in [0.29, 0.717) is 6.67 Å². The molecule has 126 valence electrons. The molecule has 25 heavy (non-hydrogen) atoms. The molecule has 0 bridgehead atoms. The van der Waals surface area contributed by atoms with Gasteiger partial charge < -0.3 is 15.5 Å². The van der Waals surface area contributed by atoms with E-state index < -0.39 is 0 Å². The van der Waals surface area contributed by atoms with Crippen molar-refractivity contribution in [2.45, 2.75) is 0 Å². The first-order valence-electron chi connectivity index (χ1n) is 8.06. The Hall–Kier alpha value is -2.67. The number of halogens is 1. The van der Waals surface area contributed by atoms with E-state index >= 15 is 0 Å².